The third-order valence-electron chi connectivity index (χ3n) is 2.13. The van der Waals surface area contributed by atoms with Gasteiger partial charge in [0.25, 0.3) is 0 Å². The molecule has 0 spiro atoms. The molecule has 0 amide bonds. The summed E-state index contributed by atoms with van der Waals surface area (Å²) in [5.74, 6) is 1.07. The summed E-state index contributed by atoms with van der Waals surface area (Å²) in [6.07, 6.45) is 3.84. The Morgan fingerprint density at radius 2 is 2.50 bits per heavy atom. The lowest BCUT2D eigenvalue weighted by atomic mass is 10.5. The maximum absolute atomic E-state index is 4.17. The molecule has 74 valence electrons. The molecule has 0 aromatic carbocycles. The number of nitrogens with zero attached hydrogens (tertiary/aromatic N) is 2. The zero-order valence-electron chi connectivity index (χ0n) is 8.10. The number of aromatic nitrogens is 2. The second-order valence-electron chi connectivity index (χ2n) is 3.11. The molecule has 0 bridgehead atoms. The lowest BCUT2D eigenvalue weighted by molar-refractivity contribution is 0.701. The van der Waals surface area contributed by atoms with Gasteiger partial charge >= 0.3 is 0 Å². The van der Waals surface area contributed by atoms with Crippen LogP contribution in [0.5, 0.6) is 0 Å². The molecule has 2 rings (SSSR count). The summed E-state index contributed by atoms with van der Waals surface area (Å²) in [5.41, 5.74) is 1.20. The van der Waals surface area contributed by atoms with Crippen molar-refractivity contribution in [3.63, 3.8) is 0 Å². The maximum atomic E-state index is 4.17. The molecule has 14 heavy (non-hydrogen) atoms. The first-order chi connectivity index (χ1) is 6.86. The van der Waals surface area contributed by atoms with Gasteiger partial charge in [0.15, 0.2) is 0 Å². The molecule has 0 saturated carbocycles. The van der Waals surface area contributed by atoms with Crippen molar-refractivity contribution in [2.75, 3.05) is 11.9 Å². The van der Waals surface area contributed by atoms with Gasteiger partial charge in [-0.1, -0.05) is 0 Å². The summed E-state index contributed by atoms with van der Waals surface area (Å²) in [6, 6.07) is 2.09. The summed E-state index contributed by atoms with van der Waals surface area (Å²) >= 11 is 1.71. The number of rotatable bonds is 4. The van der Waals surface area contributed by atoms with Crippen molar-refractivity contribution in [2.24, 2.45) is 0 Å². The summed E-state index contributed by atoms with van der Waals surface area (Å²) in [7, 11) is 0. The van der Waals surface area contributed by atoms with Crippen molar-refractivity contribution in [3.05, 3.63) is 35.0 Å². The average molecular weight is 207 g/mol. The van der Waals surface area contributed by atoms with E-state index in [0.717, 1.165) is 18.9 Å². The van der Waals surface area contributed by atoms with Crippen LogP contribution in [-0.2, 0) is 6.54 Å². The van der Waals surface area contributed by atoms with Crippen LogP contribution in [0.15, 0.2) is 29.2 Å². The van der Waals surface area contributed by atoms with Gasteiger partial charge in [0, 0.05) is 36.6 Å². The highest BCUT2D eigenvalue weighted by molar-refractivity contribution is 7.08. The molecule has 0 aliphatic heterocycles. The number of hydrogen-bond acceptors (Lipinski definition) is 3. The van der Waals surface area contributed by atoms with Crippen molar-refractivity contribution in [1.82, 2.24) is 9.55 Å². The Kier molecular flexibility index (Phi) is 2.84. The van der Waals surface area contributed by atoms with E-state index in [-0.39, 0.29) is 0 Å². The van der Waals surface area contributed by atoms with Crippen LogP contribution >= 0.6 is 11.3 Å². The Morgan fingerprint density at radius 3 is 3.14 bits per heavy atom. The van der Waals surface area contributed by atoms with Gasteiger partial charge in [0.1, 0.15) is 5.82 Å². The van der Waals surface area contributed by atoms with Gasteiger partial charge in [-0.25, -0.2) is 4.98 Å². The summed E-state index contributed by atoms with van der Waals surface area (Å²) in [4.78, 5) is 4.17. The van der Waals surface area contributed by atoms with Gasteiger partial charge in [0.05, 0.1) is 0 Å². The smallest absolute Gasteiger partial charge is 0.105 e. The van der Waals surface area contributed by atoms with Crippen LogP contribution in [0.4, 0.5) is 5.69 Å². The molecule has 0 saturated heterocycles. The monoisotopic (exact) mass is 207 g/mol. The number of aryl methyl sites for hydroxylation is 1. The zero-order chi connectivity index (χ0) is 9.80. The molecule has 0 fully saturated rings. The first-order valence-corrected chi connectivity index (χ1v) is 5.54. The van der Waals surface area contributed by atoms with Crippen LogP contribution < -0.4 is 5.32 Å². The fraction of sp³-hybridized carbons (Fsp3) is 0.300. The van der Waals surface area contributed by atoms with E-state index in [1.807, 2.05) is 19.3 Å². The van der Waals surface area contributed by atoms with Gasteiger partial charge in [-0.3, -0.25) is 0 Å². The predicted octanol–water partition coefficient (Wildman–Crippen LogP) is 2.37. The Bertz CT molecular complexity index is 378. The third-order valence-corrected chi connectivity index (χ3v) is 2.81. The van der Waals surface area contributed by atoms with Crippen molar-refractivity contribution in [3.8, 4) is 0 Å². The highest BCUT2D eigenvalue weighted by atomic mass is 32.1. The first kappa shape index (κ1) is 9.27. The van der Waals surface area contributed by atoms with Crippen molar-refractivity contribution < 1.29 is 0 Å². The summed E-state index contributed by atoms with van der Waals surface area (Å²) < 4.78 is 2.14. The zero-order valence-corrected chi connectivity index (χ0v) is 8.92. The lowest BCUT2D eigenvalue weighted by Gasteiger charge is -2.06. The minimum atomic E-state index is 0.938. The van der Waals surface area contributed by atoms with E-state index in [2.05, 4.69) is 31.7 Å². The Morgan fingerprint density at radius 1 is 1.57 bits per heavy atom. The second kappa shape index (κ2) is 4.28. The number of imidazole rings is 1. The topological polar surface area (TPSA) is 29.9 Å². The van der Waals surface area contributed by atoms with Crippen LogP contribution in [-0.4, -0.2) is 16.1 Å². The van der Waals surface area contributed by atoms with E-state index in [1.54, 1.807) is 11.3 Å². The lowest BCUT2D eigenvalue weighted by Crippen LogP contribution is -2.10. The molecule has 2 heterocycles. The first-order valence-electron chi connectivity index (χ1n) is 4.60. The molecule has 1 N–H and O–H groups in total. The van der Waals surface area contributed by atoms with E-state index in [0.29, 0.717) is 0 Å². The predicted molar refractivity (Wildman–Crippen MR) is 59.8 cm³/mol. The maximum Gasteiger partial charge on any atom is 0.105 e. The Labute approximate surface area is 87.4 Å². The van der Waals surface area contributed by atoms with Gasteiger partial charge in [-0.2, -0.15) is 11.3 Å². The minimum absolute atomic E-state index is 0.938. The molecule has 3 nitrogen and oxygen atoms in total. The van der Waals surface area contributed by atoms with Crippen LogP contribution in [0.2, 0.25) is 0 Å². The molecular formula is C10H13N3S. The fourth-order valence-corrected chi connectivity index (χ4v) is 1.94. The van der Waals surface area contributed by atoms with E-state index in [9.17, 15) is 0 Å². The second-order valence-corrected chi connectivity index (χ2v) is 3.89. The molecule has 0 atom stereocenters. The number of thiophene rings is 1. The Hall–Kier alpha value is -1.29. The normalized spacial score (nSPS) is 10.4. The fourth-order valence-electron chi connectivity index (χ4n) is 1.33. The van der Waals surface area contributed by atoms with Gasteiger partial charge in [0.2, 0.25) is 0 Å². The highest BCUT2D eigenvalue weighted by Gasteiger charge is 1.96. The van der Waals surface area contributed by atoms with Crippen LogP contribution in [0.1, 0.15) is 5.82 Å². The van der Waals surface area contributed by atoms with Crippen LogP contribution in [0.25, 0.3) is 0 Å². The largest absolute Gasteiger partial charge is 0.383 e. The molecule has 2 aromatic rings. The molecule has 0 unspecified atom stereocenters. The number of anilines is 1. The summed E-state index contributed by atoms with van der Waals surface area (Å²) in [6.45, 7) is 3.92. The Balaban J connectivity index is 1.81. The molecule has 0 radical (unpaired) electrons. The van der Waals surface area contributed by atoms with E-state index >= 15 is 0 Å². The van der Waals surface area contributed by atoms with Crippen LogP contribution in [0, 0.1) is 6.92 Å². The average Bonchev–Trinajstić information content (AvgIpc) is 2.78. The van der Waals surface area contributed by atoms with E-state index in [4.69, 9.17) is 0 Å². The van der Waals surface area contributed by atoms with Crippen LogP contribution in [0.3, 0.4) is 0 Å². The van der Waals surface area contributed by atoms with Gasteiger partial charge in [-0.05, 0) is 18.4 Å². The number of nitrogens with one attached hydrogen (secondary N) is 1. The van der Waals surface area contributed by atoms with Crippen molar-refractivity contribution >= 4 is 17.0 Å². The van der Waals surface area contributed by atoms with Gasteiger partial charge in [-0.15, -0.1) is 0 Å². The molecule has 2 aromatic heterocycles. The highest BCUT2D eigenvalue weighted by Crippen LogP contribution is 2.11. The standard InChI is InChI=1S/C10H13N3S/c1-9-11-3-5-13(9)6-4-12-10-2-7-14-8-10/h2-3,5,7-8,12H,4,6H2,1H3. The SMILES string of the molecule is Cc1nccn1CCNc1ccsc1. The minimum Gasteiger partial charge on any atom is -0.383 e. The third kappa shape index (κ3) is 2.14. The van der Waals surface area contributed by atoms with E-state index < -0.39 is 0 Å². The molecule has 0 aliphatic rings. The summed E-state index contributed by atoms with van der Waals surface area (Å²) in [5, 5.41) is 7.54. The molecule has 4 heteroatoms. The number of hydrogen-bond donors (Lipinski definition) is 1. The quantitative estimate of drug-likeness (QED) is 0.834. The van der Waals surface area contributed by atoms with Crippen molar-refractivity contribution in [2.45, 2.75) is 13.5 Å². The van der Waals surface area contributed by atoms with Gasteiger partial charge < -0.3 is 9.88 Å². The van der Waals surface area contributed by atoms with Crippen molar-refractivity contribution in [1.29, 1.82) is 0 Å². The van der Waals surface area contributed by atoms with E-state index in [1.165, 1.54) is 5.69 Å². The molecular weight excluding hydrogens is 194 g/mol. The molecule has 0 aliphatic carbocycles.